The van der Waals surface area contributed by atoms with Crippen LogP contribution in [0.2, 0.25) is 0 Å². The van der Waals surface area contributed by atoms with Crippen LogP contribution in [-0.2, 0) is 0 Å². The number of fused-ring (bicyclic) bond motifs is 1. The van der Waals surface area contributed by atoms with E-state index >= 15 is 0 Å². The van der Waals surface area contributed by atoms with Crippen molar-refractivity contribution in [2.24, 2.45) is 0 Å². The third kappa shape index (κ3) is 1.41. The van der Waals surface area contributed by atoms with Crippen LogP contribution in [-0.4, -0.2) is 60.3 Å². The van der Waals surface area contributed by atoms with Gasteiger partial charge < -0.3 is 10.0 Å². The van der Waals surface area contributed by atoms with E-state index in [9.17, 15) is 5.11 Å². The lowest BCUT2D eigenvalue weighted by molar-refractivity contribution is 0.120. The molecule has 2 aliphatic rings. The van der Waals surface area contributed by atoms with Gasteiger partial charge in [-0.05, 0) is 13.5 Å². The zero-order valence-corrected chi connectivity index (χ0v) is 7.03. The number of rotatable bonds is 0. The normalized spacial score (nSPS) is 40.9. The largest absolute Gasteiger partial charge is 0.392 e. The summed E-state index contributed by atoms with van der Waals surface area (Å²) in [6.45, 7) is 4.33. The number of hydrogen-bond donors (Lipinski definition) is 1. The molecule has 0 spiro atoms. The predicted molar refractivity (Wildman–Crippen MR) is 43.5 cm³/mol. The molecule has 0 aliphatic carbocycles. The monoisotopic (exact) mass is 156 g/mol. The Balaban J connectivity index is 1.97. The molecule has 2 atom stereocenters. The van der Waals surface area contributed by atoms with Crippen LogP contribution >= 0.6 is 0 Å². The molecule has 0 saturated carbocycles. The molecule has 2 rings (SSSR count). The first kappa shape index (κ1) is 7.53. The molecule has 0 aromatic heterocycles. The highest BCUT2D eigenvalue weighted by molar-refractivity contribution is 4.89. The van der Waals surface area contributed by atoms with Gasteiger partial charge in [-0.2, -0.15) is 0 Å². The molecule has 2 heterocycles. The number of piperazine rings is 1. The number of likely N-dealkylation sites (N-methyl/N-ethyl adjacent to an activating group) is 1. The molecule has 3 heteroatoms. The van der Waals surface area contributed by atoms with E-state index in [1.165, 1.54) is 0 Å². The molecule has 64 valence electrons. The van der Waals surface area contributed by atoms with Crippen molar-refractivity contribution in [2.45, 2.75) is 18.6 Å². The molecule has 0 radical (unpaired) electrons. The molecule has 0 aromatic carbocycles. The maximum atomic E-state index is 9.39. The van der Waals surface area contributed by atoms with E-state index in [0.717, 1.165) is 32.6 Å². The average Bonchev–Trinajstić information content (AvgIpc) is 2.27. The summed E-state index contributed by atoms with van der Waals surface area (Å²) in [5.41, 5.74) is 0. The van der Waals surface area contributed by atoms with Gasteiger partial charge in [-0.3, -0.25) is 4.90 Å². The Morgan fingerprint density at radius 3 is 2.91 bits per heavy atom. The highest BCUT2D eigenvalue weighted by atomic mass is 16.3. The third-order valence-corrected chi connectivity index (χ3v) is 2.80. The van der Waals surface area contributed by atoms with Gasteiger partial charge >= 0.3 is 0 Å². The van der Waals surface area contributed by atoms with Gasteiger partial charge in [0, 0.05) is 32.2 Å². The number of aliphatic hydroxyl groups excluding tert-OH is 1. The minimum absolute atomic E-state index is 0.0634. The van der Waals surface area contributed by atoms with Gasteiger partial charge in [0.2, 0.25) is 0 Å². The van der Waals surface area contributed by atoms with Crippen LogP contribution in [0, 0.1) is 0 Å². The Labute approximate surface area is 67.6 Å². The van der Waals surface area contributed by atoms with Crippen molar-refractivity contribution in [3.8, 4) is 0 Å². The van der Waals surface area contributed by atoms with Crippen molar-refractivity contribution in [3.63, 3.8) is 0 Å². The lowest BCUT2D eigenvalue weighted by Crippen LogP contribution is -2.48. The first-order valence-corrected chi connectivity index (χ1v) is 4.36. The zero-order valence-electron chi connectivity index (χ0n) is 7.03. The smallest absolute Gasteiger partial charge is 0.0682 e. The van der Waals surface area contributed by atoms with Crippen LogP contribution in [0.3, 0.4) is 0 Å². The van der Waals surface area contributed by atoms with E-state index in [2.05, 4.69) is 16.8 Å². The summed E-state index contributed by atoms with van der Waals surface area (Å²) in [5.74, 6) is 0. The summed E-state index contributed by atoms with van der Waals surface area (Å²) in [6, 6.07) is 0.628. The number of nitrogens with zero attached hydrogens (tertiary/aromatic N) is 2. The van der Waals surface area contributed by atoms with Crippen molar-refractivity contribution in [1.29, 1.82) is 0 Å². The van der Waals surface area contributed by atoms with Crippen LogP contribution in [0.15, 0.2) is 0 Å². The van der Waals surface area contributed by atoms with Crippen molar-refractivity contribution in [1.82, 2.24) is 9.80 Å². The Morgan fingerprint density at radius 2 is 2.09 bits per heavy atom. The van der Waals surface area contributed by atoms with E-state index in [1.54, 1.807) is 0 Å². The third-order valence-electron chi connectivity index (χ3n) is 2.80. The Morgan fingerprint density at radius 1 is 1.27 bits per heavy atom. The molecule has 2 aliphatic heterocycles. The van der Waals surface area contributed by atoms with Gasteiger partial charge in [0.15, 0.2) is 0 Å². The molecule has 1 N–H and O–H groups in total. The Hall–Kier alpha value is -0.120. The molecular weight excluding hydrogens is 140 g/mol. The lowest BCUT2D eigenvalue weighted by Gasteiger charge is -2.34. The summed E-state index contributed by atoms with van der Waals surface area (Å²) in [7, 11) is 2.15. The predicted octanol–water partition coefficient (Wildman–Crippen LogP) is -0.633. The first-order chi connectivity index (χ1) is 5.25. The Kier molecular flexibility index (Phi) is 1.87. The van der Waals surface area contributed by atoms with Crippen LogP contribution in [0.25, 0.3) is 0 Å². The van der Waals surface area contributed by atoms with Crippen LogP contribution in [0.1, 0.15) is 6.42 Å². The molecule has 0 amide bonds. The van der Waals surface area contributed by atoms with Gasteiger partial charge in [-0.1, -0.05) is 0 Å². The fourth-order valence-electron chi connectivity index (χ4n) is 2.17. The Bertz CT molecular complexity index is 151. The van der Waals surface area contributed by atoms with E-state index in [-0.39, 0.29) is 6.10 Å². The van der Waals surface area contributed by atoms with Crippen LogP contribution in [0.4, 0.5) is 0 Å². The molecule has 11 heavy (non-hydrogen) atoms. The van der Waals surface area contributed by atoms with Gasteiger partial charge in [-0.15, -0.1) is 0 Å². The molecular formula is C8H16N2O. The topological polar surface area (TPSA) is 26.7 Å². The molecule has 2 saturated heterocycles. The number of aliphatic hydroxyl groups is 1. The maximum Gasteiger partial charge on any atom is 0.0682 e. The summed E-state index contributed by atoms with van der Waals surface area (Å²) in [4.78, 5) is 4.75. The first-order valence-electron chi connectivity index (χ1n) is 4.36. The van der Waals surface area contributed by atoms with Crippen molar-refractivity contribution in [3.05, 3.63) is 0 Å². The second-order valence-electron chi connectivity index (χ2n) is 3.80. The zero-order chi connectivity index (χ0) is 7.84. The summed E-state index contributed by atoms with van der Waals surface area (Å²) >= 11 is 0. The van der Waals surface area contributed by atoms with Crippen LogP contribution < -0.4 is 0 Å². The minimum atomic E-state index is -0.0634. The molecule has 0 bridgehead atoms. The lowest BCUT2D eigenvalue weighted by atomic mass is 10.1. The molecule has 2 fully saturated rings. The van der Waals surface area contributed by atoms with E-state index in [0.29, 0.717) is 6.04 Å². The molecule has 3 nitrogen and oxygen atoms in total. The summed E-state index contributed by atoms with van der Waals surface area (Å²) < 4.78 is 0. The van der Waals surface area contributed by atoms with Gasteiger partial charge in [-0.25, -0.2) is 0 Å². The molecule has 0 aromatic rings. The second kappa shape index (κ2) is 2.73. The maximum absolute atomic E-state index is 9.39. The SMILES string of the molecule is CN1CCN2C[C@H](O)CC2C1. The second-order valence-corrected chi connectivity index (χ2v) is 3.80. The molecule has 1 unspecified atom stereocenters. The van der Waals surface area contributed by atoms with Gasteiger partial charge in [0.1, 0.15) is 0 Å². The standard InChI is InChI=1S/C8H16N2O/c1-9-2-3-10-6-8(11)4-7(10)5-9/h7-8,11H,2-6H2,1H3/t7?,8-/m1/s1. The van der Waals surface area contributed by atoms with E-state index < -0.39 is 0 Å². The van der Waals surface area contributed by atoms with Crippen LogP contribution in [0.5, 0.6) is 0 Å². The van der Waals surface area contributed by atoms with E-state index in [1.807, 2.05) is 0 Å². The van der Waals surface area contributed by atoms with Crippen molar-refractivity contribution < 1.29 is 5.11 Å². The van der Waals surface area contributed by atoms with Gasteiger partial charge in [0.05, 0.1) is 6.10 Å². The highest BCUT2D eigenvalue weighted by Gasteiger charge is 2.33. The fraction of sp³-hybridized carbons (Fsp3) is 1.00. The van der Waals surface area contributed by atoms with E-state index in [4.69, 9.17) is 0 Å². The highest BCUT2D eigenvalue weighted by Crippen LogP contribution is 2.20. The summed E-state index contributed by atoms with van der Waals surface area (Å²) in [5, 5.41) is 9.39. The van der Waals surface area contributed by atoms with Gasteiger partial charge in [0.25, 0.3) is 0 Å². The van der Waals surface area contributed by atoms with Crippen molar-refractivity contribution >= 4 is 0 Å². The fourth-order valence-corrected chi connectivity index (χ4v) is 2.17. The number of hydrogen-bond acceptors (Lipinski definition) is 3. The quantitative estimate of drug-likeness (QED) is 0.506. The van der Waals surface area contributed by atoms with Crippen molar-refractivity contribution in [2.75, 3.05) is 33.2 Å². The summed E-state index contributed by atoms with van der Waals surface area (Å²) in [6.07, 6.45) is 0.913. The average molecular weight is 156 g/mol. The minimum Gasteiger partial charge on any atom is -0.392 e.